The molecule has 0 spiro atoms. The van der Waals surface area contributed by atoms with Gasteiger partial charge in [0.05, 0.1) is 13.2 Å². The fourth-order valence-corrected chi connectivity index (χ4v) is 2.46. The van der Waals surface area contributed by atoms with Gasteiger partial charge in [-0.05, 0) is 18.4 Å². The first kappa shape index (κ1) is 16.9. The van der Waals surface area contributed by atoms with Crippen molar-refractivity contribution in [3.05, 3.63) is 35.9 Å². The van der Waals surface area contributed by atoms with Gasteiger partial charge in [-0.3, -0.25) is 9.69 Å². The molecule has 5 heteroatoms. The summed E-state index contributed by atoms with van der Waals surface area (Å²) in [6.07, 6.45) is 2.74. The van der Waals surface area contributed by atoms with Gasteiger partial charge in [-0.2, -0.15) is 0 Å². The maximum Gasteiger partial charge on any atom is 0.306 e. The molecule has 22 heavy (non-hydrogen) atoms. The molecule has 0 radical (unpaired) electrons. The lowest BCUT2D eigenvalue weighted by Crippen LogP contribution is -2.45. The van der Waals surface area contributed by atoms with Crippen LogP contribution in [0.3, 0.4) is 0 Å². The van der Waals surface area contributed by atoms with Crippen LogP contribution in [-0.4, -0.2) is 48.5 Å². The number of benzene rings is 1. The first-order valence-electron chi connectivity index (χ1n) is 7.95. The van der Waals surface area contributed by atoms with Gasteiger partial charge >= 0.3 is 5.97 Å². The average molecular weight is 307 g/mol. The number of rotatable bonds is 8. The molecule has 1 aromatic carbocycles. The molecule has 1 saturated heterocycles. The van der Waals surface area contributed by atoms with Gasteiger partial charge in [0.2, 0.25) is 0 Å². The van der Waals surface area contributed by atoms with E-state index in [4.69, 9.17) is 9.47 Å². The van der Waals surface area contributed by atoms with Crippen molar-refractivity contribution < 1.29 is 19.4 Å². The zero-order valence-electron chi connectivity index (χ0n) is 12.9. The monoisotopic (exact) mass is 307 g/mol. The Morgan fingerprint density at radius 2 is 2.09 bits per heavy atom. The third-order valence-electron chi connectivity index (χ3n) is 3.78. The van der Waals surface area contributed by atoms with Crippen LogP contribution in [0.2, 0.25) is 0 Å². The molecular formula is C17H25NO4. The molecule has 5 nitrogen and oxygen atoms in total. The quantitative estimate of drug-likeness (QED) is 0.587. The lowest BCUT2D eigenvalue weighted by Gasteiger charge is -2.31. The number of aliphatic hydroxyl groups excluding tert-OH is 1. The van der Waals surface area contributed by atoms with E-state index in [2.05, 4.69) is 0 Å². The van der Waals surface area contributed by atoms with Crippen LogP contribution in [0.25, 0.3) is 0 Å². The summed E-state index contributed by atoms with van der Waals surface area (Å²) in [5, 5.41) is 9.72. The smallest absolute Gasteiger partial charge is 0.306 e. The molecule has 0 aromatic heterocycles. The number of nitrogens with zero attached hydrogens (tertiary/aromatic N) is 1. The van der Waals surface area contributed by atoms with Crippen LogP contribution < -0.4 is 0 Å². The molecule has 1 N–H and O–H groups in total. The SMILES string of the molecule is O=C(CCCCCN1CCOC[C@@H]1O)OCc1ccccc1. The van der Waals surface area contributed by atoms with Gasteiger partial charge < -0.3 is 14.6 Å². The van der Waals surface area contributed by atoms with Crippen molar-refractivity contribution >= 4 is 5.97 Å². The van der Waals surface area contributed by atoms with E-state index in [1.165, 1.54) is 0 Å². The molecule has 0 amide bonds. The minimum atomic E-state index is -0.482. The van der Waals surface area contributed by atoms with Crippen molar-refractivity contribution in [1.82, 2.24) is 4.90 Å². The van der Waals surface area contributed by atoms with E-state index in [1.54, 1.807) is 0 Å². The highest BCUT2D eigenvalue weighted by Gasteiger charge is 2.19. The van der Waals surface area contributed by atoms with Crippen LogP contribution in [0.15, 0.2) is 30.3 Å². The first-order chi connectivity index (χ1) is 10.8. The van der Waals surface area contributed by atoms with E-state index in [0.717, 1.165) is 37.9 Å². The summed E-state index contributed by atoms with van der Waals surface area (Å²) in [5.41, 5.74) is 1.01. The summed E-state index contributed by atoms with van der Waals surface area (Å²) >= 11 is 0. The number of hydrogen-bond donors (Lipinski definition) is 1. The molecule has 1 fully saturated rings. The van der Waals surface area contributed by atoms with Crippen molar-refractivity contribution in [2.75, 3.05) is 26.3 Å². The van der Waals surface area contributed by atoms with Crippen LogP contribution in [0.5, 0.6) is 0 Å². The third-order valence-corrected chi connectivity index (χ3v) is 3.78. The molecule has 1 heterocycles. The van der Waals surface area contributed by atoms with E-state index in [1.807, 2.05) is 35.2 Å². The topological polar surface area (TPSA) is 59.0 Å². The summed E-state index contributed by atoms with van der Waals surface area (Å²) in [6.45, 7) is 3.05. The fraction of sp³-hybridized carbons (Fsp3) is 0.588. The maximum atomic E-state index is 11.6. The predicted molar refractivity (Wildman–Crippen MR) is 83.1 cm³/mol. The van der Waals surface area contributed by atoms with Gasteiger partial charge in [0, 0.05) is 19.5 Å². The molecule has 1 aliphatic rings. The van der Waals surface area contributed by atoms with E-state index < -0.39 is 6.23 Å². The Morgan fingerprint density at radius 3 is 2.86 bits per heavy atom. The third kappa shape index (κ3) is 6.13. The Morgan fingerprint density at radius 1 is 1.27 bits per heavy atom. The number of unbranched alkanes of at least 4 members (excludes halogenated alkanes) is 2. The van der Waals surface area contributed by atoms with Gasteiger partial charge in [-0.25, -0.2) is 0 Å². The second-order valence-corrected chi connectivity index (χ2v) is 5.55. The summed E-state index contributed by atoms with van der Waals surface area (Å²) in [7, 11) is 0. The number of carbonyl (C=O) groups is 1. The molecule has 2 rings (SSSR count). The second kappa shape index (κ2) is 9.56. The summed E-state index contributed by atoms with van der Waals surface area (Å²) in [5.74, 6) is -0.143. The highest BCUT2D eigenvalue weighted by atomic mass is 16.5. The van der Waals surface area contributed by atoms with E-state index in [0.29, 0.717) is 26.2 Å². The van der Waals surface area contributed by atoms with E-state index >= 15 is 0 Å². The van der Waals surface area contributed by atoms with Crippen molar-refractivity contribution in [1.29, 1.82) is 0 Å². The Labute approximate surface area is 131 Å². The lowest BCUT2D eigenvalue weighted by atomic mass is 10.2. The molecule has 122 valence electrons. The maximum absolute atomic E-state index is 11.6. The first-order valence-corrected chi connectivity index (χ1v) is 7.95. The Bertz CT molecular complexity index is 438. The van der Waals surface area contributed by atoms with Gasteiger partial charge in [0.25, 0.3) is 0 Å². The van der Waals surface area contributed by atoms with Crippen molar-refractivity contribution in [2.24, 2.45) is 0 Å². The largest absolute Gasteiger partial charge is 0.461 e. The Hall–Kier alpha value is -1.43. The van der Waals surface area contributed by atoms with E-state index in [9.17, 15) is 9.90 Å². The second-order valence-electron chi connectivity index (χ2n) is 5.55. The minimum Gasteiger partial charge on any atom is -0.461 e. The molecule has 0 aliphatic carbocycles. The lowest BCUT2D eigenvalue weighted by molar-refractivity contribution is -0.145. The van der Waals surface area contributed by atoms with Crippen LogP contribution in [0.4, 0.5) is 0 Å². The average Bonchev–Trinajstić information content (AvgIpc) is 2.55. The van der Waals surface area contributed by atoms with E-state index in [-0.39, 0.29) is 5.97 Å². The normalized spacial score (nSPS) is 19.0. The Balaban J connectivity index is 1.50. The molecule has 0 saturated carbocycles. The zero-order valence-corrected chi connectivity index (χ0v) is 12.9. The predicted octanol–water partition coefficient (Wildman–Crippen LogP) is 1.94. The minimum absolute atomic E-state index is 0.143. The van der Waals surface area contributed by atoms with Crippen LogP contribution in [0, 0.1) is 0 Å². The highest BCUT2D eigenvalue weighted by Crippen LogP contribution is 2.09. The number of morpholine rings is 1. The number of ether oxygens (including phenoxy) is 2. The van der Waals surface area contributed by atoms with Gasteiger partial charge in [-0.15, -0.1) is 0 Å². The molecule has 1 atom stereocenters. The summed E-state index contributed by atoms with van der Waals surface area (Å²) in [4.78, 5) is 13.7. The number of esters is 1. The number of carbonyl (C=O) groups excluding carboxylic acids is 1. The van der Waals surface area contributed by atoms with Gasteiger partial charge in [-0.1, -0.05) is 36.8 Å². The van der Waals surface area contributed by atoms with Crippen LogP contribution >= 0.6 is 0 Å². The van der Waals surface area contributed by atoms with Crippen molar-refractivity contribution in [3.63, 3.8) is 0 Å². The summed E-state index contributed by atoms with van der Waals surface area (Å²) < 4.78 is 10.4. The molecular weight excluding hydrogens is 282 g/mol. The molecule has 1 aliphatic heterocycles. The van der Waals surface area contributed by atoms with Gasteiger partial charge in [0.15, 0.2) is 0 Å². The van der Waals surface area contributed by atoms with Crippen molar-refractivity contribution in [2.45, 2.75) is 38.5 Å². The van der Waals surface area contributed by atoms with Crippen LogP contribution in [-0.2, 0) is 20.9 Å². The van der Waals surface area contributed by atoms with Crippen LogP contribution in [0.1, 0.15) is 31.2 Å². The van der Waals surface area contributed by atoms with Crippen molar-refractivity contribution in [3.8, 4) is 0 Å². The Kier molecular flexibility index (Phi) is 7.36. The highest BCUT2D eigenvalue weighted by molar-refractivity contribution is 5.69. The number of aliphatic hydroxyl groups is 1. The summed E-state index contributed by atoms with van der Waals surface area (Å²) in [6, 6.07) is 9.70. The zero-order chi connectivity index (χ0) is 15.6. The number of hydrogen-bond acceptors (Lipinski definition) is 5. The fourth-order valence-electron chi connectivity index (χ4n) is 2.46. The standard InChI is InChI=1S/C17H25NO4/c19-16-14-21-12-11-18(16)10-6-2-5-9-17(20)22-13-15-7-3-1-4-8-15/h1,3-4,7-8,16,19H,2,5-6,9-14H2/t16-/m0/s1. The molecule has 0 bridgehead atoms. The molecule has 1 aromatic rings. The molecule has 0 unspecified atom stereocenters. The van der Waals surface area contributed by atoms with Gasteiger partial charge in [0.1, 0.15) is 12.8 Å².